The molecule has 4 rings (SSSR count). The van der Waals surface area contributed by atoms with Crippen LogP contribution in [0.4, 0.5) is 10.3 Å². The molecule has 2 aromatic rings. The number of anilines is 1. The zero-order valence-corrected chi connectivity index (χ0v) is 17.0. The Labute approximate surface area is 169 Å². The predicted molar refractivity (Wildman–Crippen MR) is 108 cm³/mol. The molecule has 0 saturated carbocycles. The van der Waals surface area contributed by atoms with E-state index >= 15 is 0 Å². The average Bonchev–Trinajstić information content (AvgIpc) is 2.68. The monoisotopic (exact) mass is 404 g/mol. The second-order valence-electron chi connectivity index (χ2n) is 7.36. The summed E-state index contributed by atoms with van der Waals surface area (Å²) >= 11 is 1.53. The Hall–Kier alpha value is -1.90. The van der Waals surface area contributed by atoms with E-state index in [1.54, 1.807) is 18.2 Å². The number of piperidine rings is 1. The van der Waals surface area contributed by atoms with Gasteiger partial charge in [-0.05, 0) is 38.3 Å². The lowest BCUT2D eigenvalue weighted by Gasteiger charge is -2.46. The number of aromatic nitrogens is 2. The van der Waals surface area contributed by atoms with E-state index in [0.717, 1.165) is 50.7 Å². The Balaban J connectivity index is 1.50. The number of ether oxygens (including phenoxy) is 2. The number of halogens is 1. The van der Waals surface area contributed by atoms with Gasteiger partial charge in [-0.1, -0.05) is 6.07 Å². The van der Waals surface area contributed by atoms with E-state index in [1.165, 1.54) is 23.9 Å². The number of thioether (sulfide) groups is 1. The van der Waals surface area contributed by atoms with Crippen molar-refractivity contribution in [2.75, 3.05) is 51.0 Å². The summed E-state index contributed by atoms with van der Waals surface area (Å²) in [7, 11) is 2.15. The first-order valence-electron chi connectivity index (χ1n) is 9.49. The maximum Gasteiger partial charge on any atom is 0.229 e. The smallest absolute Gasteiger partial charge is 0.229 e. The normalized spacial score (nSPS) is 19.8. The van der Waals surface area contributed by atoms with E-state index in [0.29, 0.717) is 17.6 Å². The number of hydrogen-bond donors (Lipinski definition) is 0. The van der Waals surface area contributed by atoms with Crippen LogP contribution < -0.4 is 9.64 Å². The van der Waals surface area contributed by atoms with Gasteiger partial charge in [-0.15, -0.1) is 11.8 Å². The number of likely N-dealkylation sites (N-methyl/N-ethyl adjacent to an activating group) is 1. The Morgan fingerprint density at radius 2 is 2.00 bits per heavy atom. The maximum atomic E-state index is 13.4. The highest BCUT2D eigenvalue weighted by Gasteiger charge is 2.39. The fourth-order valence-electron chi connectivity index (χ4n) is 3.79. The van der Waals surface area contributed by atoms with Crippen LogP contribution in [0, 0.1) is 5.82 Å². The molecule has 0 atom stereocenters. The molecule has 1 aromatic heterocycles. The summed E-state index contributed by atoms with van der Waals surface area (Å²) < 4.78 is 25.4. The summed E-state index contributed by atoms with van der Waals surface area (Å²) in [5.74, 6) is 1.16. The molecule has 0 bridgehead atoms. The Morgan fingerprint density at radius 1 is 1.18 bits per heavy atom. The molecule has 2 aliphatic heterocycles. The average molecular weight is 405 g/mol. The van der Waals surface area contributed by atoms with Gasteiger partial charge >= 0.3 is 0 Å². The standard InChI is InChI=1S/C20H25FN4O2S/c1-24-10-11-26-20(14-24)6-8-25(9-7-20)19-22-17(13-18(23-19)28-2)27-16-5-3-4-15(21)12-16/h3-5,12-13H,6-11,14H2,1-2H3. The van der Waals surface area contributed by atoms with E-state index < -0.39 is 0 Å². The number of hydrogen-bond acceptors (Lipinski definition) is 7. The highest BCUT2D eigenvalue weighted by molar-refractivity contribution is 7.98. The second-order valence-corrected chi connectivity index (χ2v) is 8.19. The van der Waals surface area contributed by atoms with Gasteiger partial charge in [0, 0.05) is 38.3 Å². The zero-order valence-electron chi connectivity index (χ0n) is 16.2. The van der Waals surface area contributed by atoms with Crippen molar-refractivity contribution in [3.63, 3.8) is 0 Å². The first kappa shape index (κ1) is 19.4. The summed E-state index contributed by atoms with van der Waals surface area (Å²) in [5, 5.41) is 0.824. The second kappa shape index (κ2) is 8.23. The summed E-state index contributed by atoms with van der Waals surface area (Å²) in [4.78, 5) is 13.8. The molecule has 0 unspecified atom stereocenters. The van der Waals surface area contributed by atoms with Crippen LogP contribution in [0.3, 0.4) is 0 Å². The van der Waals surface area contributed by atoms with Gasteiger partial charge in [-0.2, -0.15) is 4.98 Å². The highest BCUT2D eigenvalue weighted by Crippen LogP contribution is 2.32. The lowest BCUT2D eigenvalue weighted by Crippen LogP contribution is -2.56. The van der Waals surface area contributed by atoms with Crippen LogP contribution >= 0.6 is 11.8 Å². The predicted octanol–water partition coefficient (Wildman–Crippen LogP) is 3.43. The number of morpholine rings is 1. The summed E-state index contributed by atoms with van der Waals surface area (Å²) in [6.45, 7) is 4.43. The molecule has 28 heavy (non-hydrogen) atoms. The SMILES string of the molecule is CSc1cc(Oc2cccc(F)c2)nc(N2CCC3(CC2)CN(C)CCO3)n1. The van der Waals surface area contributed by atoms with Gasteiger partial charge in [0.2, 0.25) is 11.8 Å². The minimum atomic E-state index is -0.337. The molecule has 0 radical (unpaired) electrons. The quantitative estimate of drug-likeness (QED) is 0.572. The van der Waals surface area contributed by atoms with Crippen LogP contribution in [0.15, 0.2) is 35.4 Å². The Bertz CT molecular complexity index is 830. The van der Waals surface area contributed by atoms with Gasteiger partial charge in [-0.25, -0.2) is 9.37 Å². The minimum Gasteiger partial charge on any atom is -0.439 e. The molecule has 0 aliphatic carbocycles. The van der Waals surface area contributed by atoms with Crippen molar-refractivity contribution < 1.29 is 13.9 Å². The number of nitrogens with zero attached hydrogens (tertiary/aromatic N) is 4. The summed E-state index contributed by atoms with van der Waals surface area (Å²) in [6, 6.07) is 7.85. The summed E-state index contributed by atoms with van der Waals surface area (Å²) in [5.41, 5.74) is -0.0541. The molecule has 2 fully saturated rings. The topological polar surface area (TPSA) is 50.7 Å². The van der Waals surface area contributed by atoms with Crippen LogP contribution in [-0.2, 0) is 4.74 Å². The third-order valence-corrected chi connectivity index (χ3v) is 5.92. The van der Waals surface area contributed by atoms with Gasteiger partial charge in [0.15, 0.2) is 0 Å². The van der Waals surface area contributed by atoms with Crippen molar-refractivity contribution >= 4 is 17.7 Å². The van der Waals surface area contributed by atoms with E-state index in [-0.39, 0.29) is 11.4 Å². The van der Waals surface area contributed by atoms with Crippen LogP contribution in [0.2, 0.25) is 0 Å². The van der Waals surface area contributed by atoms with Crippen molar-refractivity contribution in [1.82, 2.24) is 14.9 Å². The molecule has 6 nitrogen and oxygen atoms in total. The lowest BCUT2D eigenvalue weighted by molar-refractivity contribution is -0.115. The maximum absolute atomic E-state index is 13.4. The first-order chi connectivity index (χ1) is 13.5. The molecular formula is C20H25FN4O2S. The highest BCUT2D eigenvalue weighted by atomic mass is 32.2. The summed E-state index contributed by atoms with van der Waals surface area (Å²) in [6.07, 6.45) is 3.86. The van der Waals surface area contributed by atoms with E-state index in [1.807, 2.05) is 6.26 Å². The van der Waals surface area contributed by atoms with Gasteiger partial charge in [0.25, 0.3) is 0 Å². The fourth-order valence-corrected chi connectivity index (χ4v) is 4.18. The minimum absolute atomic E-state index is 0.0541. The largest absolute Gasteiger partial charge is 0.439 e. The van der Waals surface area contributed by atoms with Crippen LogP contribution in [0.25, 0.3) is 0 Å². The molecule has 8 heteroatoms. The Kier molecular flexibility index (Phi) is 5.70. The lowest BCUT2D eigenvalue weighted by atomic mass is 9.89. The fraction of sp³-hybridized carbons (Fsp3) is 0.500. The van der Waals surface area contributed by atoms with E-state index in [9.17, 15) is 4.39 Å². The van der Waals surface area contributed by atoms with Gasteiger partial charge < -0.3 is 19.3 Å². The van der Waals surface area contributed by atoms with E-state index in [4.69, 9.17) is 9.47 Å². The van der Waals surface area contributed by atoms with Crippen molar-refractivity contribution in [2.24, 2.45) is 0 Å². The molecule has 0 amide bonds. The Morgan fingerprint density at radius 3 is 2.71 bits per heavy atom. The molecule has 2 saturated heterocycles. The van der Waals surface area contributed by atoms with Crippen molar-refractivity contribution in [3.05, 3.63) is 36.1 Å². The van der Waals surface area contributed by atoms with Gasteiger partial charge in [0.05, 0.1) is 12.2 Å². The molecule has 1 aromatic carbocycles. The first-order valence-corrected chi connectivity index (χ1v) is 10.7. The van der Waals surface area contributed by atoms with Crippen LogP contribution in [0.1, 0.15) is 12.8 Å². The van der Waals surface area contributed by atoms with Crippen LogP contribution in [0.5, 0.6) is 11.6 Å². The molecule has 1 spiro atoms. The van der Waals surface area contributed by atoms with Crippen molar-refractivity contribution in [1.29, 1.82) is 0 Å². The molecule has 150 valence electrons. The molecular weight excluding hydrogens is 379 g/mol. The van der Waals surface area contributed by atoms with Gasteiger partial charge in [0.1, 0.15) is 16.6 Å². The van der Waals surface area contributed by atoms with Gasteiger partial charge in [-0.3, -0.25) is 0 Å². The van der Waals surface area contributed by atoms with Crippen molar-refractivity contribution in [3.8, 4) is 11.6 Å². The number of benzene rings is 1. The van der Waals surface area contributed by atoms with Crippen LogP contribution in [-0.4, -0.2) is 66.6 Å². The number of rotatable bonds is 4. The zero-order chi connectivity index (χ0) is 19.6. The van der Waals surface area contributed by atoms with E-state index in [2.05, 4.69) is 26.8 Å². The third kappa shape index (κ3) is 4.39. The molecule has 3 heterocycles. The molecule has 2 aliphatic rings. The molecule has 0 N–H and O–H groups in total. The third-order valence-electron chi connectivity index (χ3n) is 5.29. The van der Waals surface area contributed by atoms with Crippen molar-refractivity contribution in [2.45, 2.75) is 23.5 Å².